The molecule has 0 heterocycles. The minimum Gasteiger partial charge on any atom is -0.349 e. The summed E-state index contributed by atoms with van der Waals surface area (Å²) in [5.41, 5.74) is 1.94. The van der Waals surface area contributed by atoms with E-state index < -0.39 is 12.1 Å². The van der Waals surface area contributed by atoms with Gasteiger partial charge in [0.2, 0.25) is 5.91 Å². The van der Waals surface area contributed by atoms with E-state index >= 15 is 0 Å². The van der Waals surface area contributed by atoms with Crippen molar-refractivity contribution in [2.45, 2.75) is 12.5 Å². The van der Waals surface area contributed by atoms with Crippen molar-refractivity contribution in [3.63, 3.8) is 0 Å². The lowest BCUT2D eigenvalue weighted by molar-refractivity contribution is -0.129. The Morgan fingerprint density at radius 3 is 2.28 bits per heavy atom. The standard InChI is InChI=1S/C19H20N4O2/c1-23(2)18(24)12-17(15-6-4-3-5-7-15)22-19(25)21-16-10-8-14(13-20)9-11-16/h3-11,17H,12H2,1-2H3,(H2,21,22,25)/t17-/m0/s1. The molecule has 3 amide bonds. The molecule has 1 atom stereocenters. The summed E-state index contributed by atoms with van der Waals surface area (Å²) in [5.74, 6) is -0.0764. The number of nitrogens with one attached hydrogen (secondary N) is 2. The molecule has 6 nitrogen and oxygen atoms in total. The van der Waals surface area contributed by atoms with Crippen molar-refractivity contribution in [2.75, 3.05) is 19.4 Å². The monoisotopic (exact) mass is 336 g/mol. The van der Waals surface area contributed by atoms with Gasteiger partial charge in [0, 0.05) is 19.8 Å². The van der Waals surface area contributed by atoms with E-state index in [0.29, 0.717) is 11.3 Å². The van der Waals surface area contributed by atoms with Gasteiger partial charge < -0.3 is 15.5 Å². The number of carbonyl (C=O) groups excluding carboxylic acids is 2. The lowest BCUT2D eigenvalue weighted by Crippen LogP contribution is -2.36. The van der Waals surface area contributed by atoms with Crippen LogP contribution in [0.4, 0.5) is 10.5 Å². The van der Waals surface area contributed by atoms with Gasteiger partial charge in [-0.3, -0.25) is 4.79 Å². The first-order valence-electron chi connectivity index (χ1n) is 7.82. The Morgan fingerprint density at radius 2 is 1.72 bits per heavy atom. The van der Waals surface area contributed by atoms with Crippen LogP contribution in [0, 0.1) is 11.3 Å². The van der Waals surface area contributed by atoms with Gasteiger partial charge in [-0.1, -0.05) is 30.3 Å². The van der Waals surface area contributed by atoms with Crippen molar-refractivity contribution in [3.8, 4) is 6.07 Å². The highest BCUT2D eigenvalue weighted by Gasteiger charge is 2.19. The lowest BCUT2D eigenvalue weighted by Gasteiger charge is -2.21. The van der Waals surface area contributed by atoms with Gasteiger partial charge in [-0.2, -0.15) is 5.26 Å². The molecule has 2 aromatic rings. The minimum atomic E-state index is -0.436. The van der Waals surface area contributed by atoms with Crippen molar-refractivity contribution in [3.05, 3.63) is 65.7 Å². The van der Waals surface area contributed by atoms with Gasteiger partial charge in [0.15, 0.2) is 0 Å². The Balaban J connectivity index is 2.08. The highest BCUT2D eigenvalue weighted by atomic mass is 16.2. The Bertz CT molecular complexity index is 764. The molecule has 2 rings (SSSR count). The Hall–Kier alpha value is -3.33. The van der Waals surface area contributed by atoms with Gasteiger partial charge in [-0.25, -0.2) is 4.79 Å². The average molecular weight is 336 g/mol. The van der Waals surface area contributed by atoms with E-state index in [2.05, 4.69) is 10.6 Å². The highest BCUT2D eigenvalue weighted by molar-refractivity contribution is 5.90. The fourth-order valence-corrected chi connectivity index (χ4v) is 2.25. The summed E-state index contributed by atoms with van der Waals surface area (Å²) in [6.07, 6.45) is 0.164. The van der Waals surface area contributed by atoms with E-state index in [1.807, 2.05) is 36.4 Å². The number of amides is 3. The number of nitriles is 1. The molecule has 2 N–H and O–H groups in total. The number of hydrogen-bond donors (Lipinski definition) is 2. The normalized spacial score (nSPS) is 11.1. The summed E-state index contributed by atoms with van der Waals surface area (Å²) in [4.78, 5) is 25.8. The molecule has 0 aromatic heterocycles. The first-order valence-corrected chi connectivity index (χ1v) is 7.82. The van der Waals surface area contributed by atoms with E-state index in [-0.39, 0.29) is 12.3 Å². The molecule has 0 aliphatic rings. The molecule has 0 radical (unpaired) electrons. The summed E-state index contributed by atoms with van der Waals surface area (Å²) >= 11 is 0. The molecule has 0 fully saturated rings. The Labute approximate surface area is 147 Å². The summed E-state index contributed by atoms with van der Waals surface area (Å²) in [6.45, 7) is 0. The van der Waals surface area contributed by atoms with Crippen molar-refractivity contribution in [2.24, 2.45) is 0 Å². The van der Waals surface area contributed by atoms with Gasteiger partial charge in [-0.15, -0.1) is 0 Å². The van der Waals surface area contributed by atoms with Crippen LogP contribution in [0.3, 0.4) is 0 Å². The maximum absolute atomic E-state index is 12.3. The molecule has 128 valence electrons. The topological polar surface area (TPSA) is 85.2 Å². The van der Waals surface area contributed by atoms with E-state index in [0.717, 1.165) is 5.56 Å². The van der Waals surface area contributed by atoms with Crippen LogP contribution in [0.15, 0.2) is 54.6 Å². The molecule has 0 spiro atoms. The van der Waals surface area contributed by atoms with Crippen LogP contribution < -0.4 is 10.6 Å². The second-order valence-corrected chi connectivity index (χ2v) is 5.74. The fraction of sp³-hybridized carbons (Fsp3) is 0.211. The third-order valence-electron chi connectivity index (χ3n) is 3.66. The summed E-state index contributed by atoms with van der Waals surface area (Å²) < 4.78 is 0. The zero-order chi connectivity index (χ0) is 18.2. The molecule has 0 saturated carbocycles. The molecule has 2 aromatic carbocycles. The third-order valence-corrected chi connectivity index (χ3v) is 3.66. The van der Waals surface area contributed by atoms with Crippen molar-refractivity contribution in [1.29, 1.82) is 5.26 Å². The second-order valence-electron chi connectivity index (χ2n) is 5.74. The van der Waals surface area contributed by atoms with Gasteiger partial charge in [-0.05, 0) is 29.8 Å². The third kappa shape index (κ3) is 5.36. The molecular weight excluding hydrogens is 316 g/mol. The number of anilines is 1. The highest BCUT2D eigenvalue weighted by Crippen LogP contribution is 2.18. The predicted molar refractivity (Wildman–Crippen MR) is 95.8 cm³/mol. The van der Waals surface area contributed by atoms with Crippen molar-refractivity contribution in [1.82, 2.24) is 10.2 Å². The summed E-state index contributed by atoms with van der Waals surface area (Å²) in [5, 5.41) is 14.3. The van der Waals surface area contributed by atoms with Crippen LogP contribution in [0.2, 0.25) is 0 Å². The van der Waals surface area contributed by atoms with Gasteiger partial charge in [0.1, 0.15) is 0 Å². The maximum Gasteiger partial charge on any atom is 0.319 e. The van der Waals surface area contributed by atoms with Gasteiger partial charge >= 0.3 is 6.03 Å². The lowest BCUT2D eigenvalue weighted by atomic mass is 10.0. The molecule has 0 unspecified atom stereocenters. The summed E-state index contributed by atoms with van der Waals surface area (Å²) in [6, 6.07) is 17.1. The molecule has 0 bridgehead atoms. The SMILES string of the molecule is CN(C)C(=O)C[C@H](NC(=O)Nc1ccc(C#N)cc1)c1ccccc1. The molecule has 6 heteroatoms. The number of hydrogen-bond acceptors (Lipinski definition) is 3. The molecule has 0 saturated heterocycles. The molecule has 0 aliphatic heterocycles. The number of rotatable bonds is 5. The smallest absolute Gasteiger partial charge is 0.319 e. The maximum atomic E-state index is 12.3. The quantitative estimate of drug-likeness (QED) is 0.880. The minimum absolute atomic E-state index is 0.0764. The van der Waals surface area contributed by atoms with Crippen LogP contribution in [-0.2, 0) is 4.79 Å². The first-order chi connectivity index (χ1) is 12.0. The van der Waals surface area contributed by atoms with E-state index in [4.69, 9.17) is 5.26 Å². The first kappa shape index (κ1) is 18.0. The van der Waals surface area contributed by atoms with Crippen molar-refractivity contribution < 1.29 is 9.59 Å². The Kier molecular flexibility index (Phi) is 6.13. The molecular formula is C19H20N4O2. The fourth-order valence-electron chi connectivity index (χ4n) is 2.25. The van der Waals surface area contributed by atoms with E-state index in [1.54, 1.807) is 38.4 Å². The molecule has 25 heavy (non-hydrogen) atoms. The Morgan fingerprint density at radius 1 is 1.08 bits per heavy atom. The van der Waals surface area contributed by atoms with Crippen LogP contribution in [-0.4, -0.2) is 30.9 Å². The molecule has 0 aliphatic carbocycles. The van der Waals surface area contributed by atoms with Crippen LogP contribution in [0.1, 0.15) is 23.6 Å². The van der Waals surface area contributed by atoms with Crippen LogP contribution in [0.25, 0.3) is 0 Å². The summed E-state index contributed by atoms with van der Waals surface area (Å²) in [7, 11) is 3.36. The van der Waals surface area contributed by atoms with Crippen molar-refractivity contribution >= 4 is 17.6 Å². The van der Waals surface area contributed by atoms with Gasteiger partial charge in [0.25, 0.3) is 0 Å². The zero-order valence-electron chi connectivity index (χ0n) is 14.2. The largest absolute Gasteiger partial charge is 0.349 e. The predicted octanol–water partition coefficient (Wildman–Crippen LogP) is 2.90. The van der Waals surface area contributed by atoms with Crippen LogP contribution >= 0.6 is 0 Å². The number of benzene rings is 2. The van der Waals surface area contributed by atoms with Gasteiger partial charge in [0.05, 0.1) is 24.1 Å². The zero-order valence-corrected chi connectivity index (χ0v) is 14.2. The number of urea groups is 1. The number of carbonyl (C=O) groups is 2. The van der Waals surface area contributed by atoms with E-state index in [1.165, 1.54) is 4.90 Å². The second kappa shape index (κ2) is 8.50. The average Bonchev–Trinajstić information content (AvgIpc) is 2.62. The number of nitrogens with zero attached hydrogens (tertiary/aromatic N) is 2. The van der Waals surface area contributed by atoms with E-state index in [9.17, 15) is 9.59 Å². The van der Waals surface area contributed by atoms with Crippen LogP contribution in [0.5, 0.6) is 0 Å².